The molecule has 0 bridgehead atoms. The molecule has 0 N–H and O–H groups in total. The second-order valence-corrected chi connectivity index (χ2v) is 13.1. The Labute approximate surface area is 185 Å². The normalized spacial score (nSPS) is 52.6. The van der Waals surface area contributed by atoms with E-state index in [1.807, 2.05) is 0 Å². The van der Waals surface area contributed by atoms with E-state index in [-0.39, 0.29) is 11.5 Å². The molecule has 4 aliphatic carbocycles. The molecule has 1 aliphatic heterocycles. The standard InChI is InChI=1S/C28H45NO/c1-18(2)7-6-8-19(3)22-9-10-23-21-15-25-28(30-25)16-20(17-29)11-14-27(28,5)24(21)12-13-26(22,23)4/h18-25H,6-16H2,1-5H3. The predicted molar refractivity (Wildman–Crippen MR) is 122 cm³/mol. The van der Waals surface area contributed by atoms with Gasteiger partial charge < -0.3 is 4.74 Å². The van der Waals surface area contributed by atoms with Crippen molar-refractivity contribution in [2.24, 2.45) is 52.3 Å². The fraction of sp³-hybridized carbons (Fsp3) is 0.964. The largest absolute Gasteiger partial charge is 0.365 e. The van der Waals surface area contributed by atoms with Gasteiger partial charge in [0.2, 0.25) is 0 Å². The fourth-order valence-corrected chi connectivity index (χ4v) is 9.82. The Morgan fingerprint density at radius 3 is 2.53 bits per heavy atom. The molecular weight excluding hydrogens is 366 g/mol. The smallest absolute Gasteiger partial charge is 0.102 e. The molecule has 5 aliphatic rings. The van der Waals surface area contributed by atoms with Crippen LogP contribution in [0.5, 0.6) is 0 Å². The first-order chi connectivity index (χ1) is 14.2. The van der Waals surface area contributed by atoms with Gasteiger partial charge in [-0.15, -0.1) is 0 Å². The second kappa shape index (κ2) is 7.23. The van der Waals surface area contributed by atoms with Gasteiger partial charge in [0.15, 0.2) is 0 Å². The van der Waals surface area contributed by atoms with E-state index < -0.39 is 0 Å². The van der Waals surface area contributed by atoms with Crippen LogP contribution in [0.15, 0.2) is 0 Å². The maximum atomic E-state index is 9.56. The summed E-state index contributed by atoms with van der Waals surface area (Å²) in [4.78, 5) is 0. The lowest BCUT2D eigenvalue weighted by atomic mass is 9.44. The summed E-state index contributed by atoms with van der Waals surface area (Å²) in [7, 11) is 0. The van der Waals surface area contributed by atoms with Crippen LogP contribution in [-0.4, -0.2) is 11.7 Å². The number of hydrogen-bond donors (Lipinski definition) is 0. The summed E-state index contributed by atoms with van der Waals surface area (Å²) in [6, 6.07) is 2.58. The molecule has 0 radical (unpaired) electrons. The summed E-state index contributed by atoms with van der Waals surface area (Å²) in [5.74, 6) is 5.53. The van der Waals surface area contributed by atoms with Crippen LogP contribution in [0.25, 0.3) is 0 Å². The van der Waals surface area contributed by atoms with E-state index in [1.165, 1.54) is 57.8 Å². The lowest BCUT2D eigenvalue weighted by Crippen LogP contribution is -2.58. The van der Waals surface area contributed by atoms with E-state index in [1.54, 1.807) is 0 Å². The van der Waals surface area contributed by atoms with Crippen molar-refractivity contribution in [2.75, 3.05) is 0 Å². The maximum absolute atomic E-state index is 9.56. The number of epoxide rings is 1. The SMILES string of the molecule is CC(C)CCCC(C)C1CCC2C3CC4OC45CC(C#N)CCC5(C)C3CCC12C. The monoisotopic (exact) mass is 411 g/mol. The van der Waals surface area contributed by atoms with Gasteiger partial charge >= 0.3 is 0 Å². The Bertz CT molecular complexity index is 710. The molecule has 0 amide bonds. The van der Waals surface area contributed by atoms with Gasteiger partial charge in [0.05, 0.1) is 12.2 Å². The summed E-state index contributed by atoms with van der Waals surface area (Å²) in [5.41, 5.74) is 0.965. The van der Waals surface area contributed by atoms with Crippen molar-refractivity contribution in [1.82, 2.24) is 0 Å². The van der Waals surface area contributed by atoms with Gasteiger partial charge in [0.1, 0.15) is 5.60 Å². The molecule has 10 atom stereocenters. The zero-order valence-electron chi connectivity index (χ0n) is 20.3. The molecule has 168 valence electrons. The molecule has 2 heteroatoms. The number of fused-ring (bicyclic) bond motifs is 4. The van der Waals surface area contributed by atoms with Crippen LogP contribution in [0.4, 0.5) is 0 Å². The number of nitriles is 1. The van der Waals surface area contributed by atoms with Crippen LogP contribution in [0.3, 0.4) is 0 Å². The highest BCUT2D eigenvalue weighted by molar-refractivity contribution is 5.25. The summed E-state index contributed by atoms with van der Waals surface area (Å²) >= 11 is 0. The van der Waals surface area contributed by atoms with Crippen LogP contribution in [0.1, 0.15) is 105 Å². The summed E-state index contributed by atoms with van der Waals surface area (Å²) < 4.78 is 6.58. The van der Waals surface area contributed by atoms with Crippen LogP contribution in [-0.2, 0) is 4.74 Å². The Morgan fingerprint density at radius 1 is 1.00 bits per heavy atom. The van der Waals surface area contributed by atoms with Crippen molar-refractivity contribution in [1.29, 1.82) is 5.26 Å². The van der Waals surface area contributed by atoms with Crippen molar-refractivity contribution in [3.63, 3.8) is 0 Å². The molecule has 5 fully saturated rings. The Hall–Kier alpha value is -0.550. The highest BCUT2D eigenvalue weighted by Gasteiger charge is 2.76. The van der Waals surface area contributed by atoms with Crippen molar-refractivity contribution in [2.45, 2.75) is 117 Å². The van der Waals surface area contributed by atoms with Crippen LogP contribution >= 0.6 is 0 Å². The highest BCUT2D eigenvalue weighted by atomic mass is 16.6. The van der Waals surface area contributed by atoms with E-state index in [4.69, 9.17) is 4.74 Å². The maximum Gasteiger partial charge on any atom is 0.102 e. The number of nitrogens with zero attached hydrogens (tertiary/aromatic N) is 1. The third kappa shape index (κ3) is 2.89. The molecule has 1 spiro atoms. The summed E-state index contributed by atoms with van der Waals surface area (Å²) in [5, 5.41) is 9.56. The minimum absolute atomic E-state index is 0.0721. The second-order valence-electron chi connectivity index (χ2n) is 13.1. The predicted octanol–water partition coefficient (Wildman–Crippen LogP) is 7.38. The quantitative estimate of drug-likeness (QED) is 0.442. The summed E-state index contributed by atoms with van der Waals surface area (Å²) in [6.45, 7) is 12.6. The molecule has 10 unspecified atom stereocenters. The van der Waals surface area contributed by atoms with E-state index in [9.17, 15) is 5.26 Å². The van der Waals surface area contributed by atoms with Crippen LogP contribution < -0.4 is 0 Å². The van der Waals surface area contributed by atoms with Crippen molar-refractivity contribution in [3.8, 4) is 6.07 Å². The molecular formula is C28H45NO. The van der Waals surface area contributed by atoms with Gasteiger partial charge in [0.25, 0.3) is 0 Å². The van der Waals surface area contributed by atoms with Crippen molar-refractivity contribution >= 4 is 0 Å². The van der Waals surface area contributed by atoms with Crippen molar-refractivity contribution < 1.29 is 4.74 Å². The molecule has 0 aromatic rings. The number of rotatable bonds is 5. The van der Waals surface area contributed by atoms with Gasteiger partial charge in [-0.3, -0.25) is 0 Å². The molecule has 30 heavy (non-hydrogen) atoms. The minimum atomic E-state index is 0.0721. The highest BCUT2D eigenvalue weighted by Crippen LogP contribution is 2.74. The third-order valence-corrected chi connectivity index (χ3v) is 11.5. The van der Waals surface area contributed by atoms with Crippen LogP contribution in [0, 0.1) is 63.6 Å². The number of hydrogen-bond acceptors (Lipinski definition) is 2. The lowest BCUT2D eigenvalue weighted by Gasteiger charge is -2.59. The number of ether oxygens (including phenoxy) is 1. The third-order valence-electron chi connectivity index (χ3n) is 11.5. The van der Waals surface area contributed by atoms with Crippen molar-refractivity contribution in [3.05, 3.63) is 0 Å². The fourth-order valence-electron chi connectivity index (χ4n) is 9.82. The van der Waals surface area contributed by atoms with E-state index >= 15 is 0 Å². The molecule has 4 saturated carbocycles. The van der Waals surface area contributed by atoms with Gasteiger partial charge in [0, 0.05) is 11.3 Å². The minimum Gasteiger partial charge on any atom is -0.365 e. The Balaban J connectivity index is 1.33. The topological polar surface area (TPSA) is 36.3 Å². The zero-order valence-corrected chi connectivity index (χ0v) is 20.3. The zero-order chi connectivity index (χ0) is 21.3. The first-order valence-corrected chi connectivity index (χ1v) is 13.3. The van der Waals surface area contributed by atoms with Gasteiger partial charge in [-0.2, -0.15) is 5.26 Å². The van der Waals surface area contributed by atoms with Gasteiger partial charge in [-0.1, -0.05) is 53.9 Å². The summed E-state index contributed by atoms with van der Waals surface area (Å²) in [6.07, 6.45) is 15.1. The van der Waals surface area contributed by atoms with Gasteiger partial charge in [-0.25, -0.2) is 0 Å². The molecule has 0 aromatic carbocycles. The molecule has 5 rings (SSSR count). The average molecular weight is 412 g/mol. The first-order valence-electron chi connectivity index (χ1n) is 13.3. The average Bonchev–Trinajstić information content (AvgIpc) is 3.28. The van der Waals surface area contributed by atoms with Gasteiger partial charge in [-0.05, 0) is 92.3 Å². The van der Waals surface area contributed by atoms with E-state index in [2.05, 4.69) is 40.7 Å². The lowest BCUT2D eigenvalue weighted by molar-refractivity contribution is -0.104. The first kappa shape index (κ1) is 21.3. The molecule has 1 heterocycles. The molecule has 0 aromatic heterocycles. The van der Waals surface area contributed by atoms with E-state index in [0.29, 0.717) is 16.9 Å². The molecule has 1 saturated heterocycles. The Morgan fingerprint density at radius 2 is 1.80 bits per heavy atom. The molecule has 2 nitrogen and oxygen atoms in total. The van der Waals surface area contributed by atoms with E-state index in [0.717, 1.165) is 48.3 Å². The Kier molecular flexibility index (Phi) is 5.13. The van der Waals surface area contributed by atoms with Crippen LogP contribution in [0.2, 0.25) is 0 Å².